The lowest BCUT2D eigenvalue weighted by molar-refractivity contribution is 0.0520. The quantitative estimate of drug-likeness (QED) is 0.590. The molecule has 4 nitrogen and oxygen atoms in total. The molecule has 19 heavy (non-hydrogen) atoms. The zero-order chi connectivity index (χ0) is 13.7. The van der Waals surface area contributed by atoms with E-state index >= 15 is 0 Å². The maximum absolute atomic E-state index is 11.9. The van der Waals surface area contributed by atoms with Crippen molar-refractivity contribution in [2.24, 2.45) is 0 Å². The van der Waals surface area contributed by atoms with Gasteiger partial charge in [-0.2, -0.15) is 5.10 Å². The number of unbranched alkanes of at least 4 members (excludes halogenated alkanes) is 2. The lowest BCUT2D eigenvalue weighted by atomic mass is 10.2. The van der Waals surface area contributed by atoms with Crippen LogP contribution in [0.4, 0.5) is 0 Å². The summed E-state index contributed by atoms with van der Waals surface area (Å²) in [5, 5.41) is 5.29. The molecule has 2 rings (SSSR count). The number of fused-ring (bicyclic) bond motifs is 1. The third kappa shape index (κ3) is 2.95. The van der Waals surface area contributed by atoms with Crippen LogP contribution in [0.2, 0.25) is 0 Å². The molecule has 2 aromatic rings. The van der Waals surface area contributed by atoms with Gasteiger partial charge < -0.3 is 4.74 Å². The highest BCUT2D eigenvalue weighted by Crippen LogP contribution is 2.19. The maximum Gasteiger partial charge on any atom is 0.359 e. The van der Waals surface area contributed by atoms with Crippen LogP contribution >= 0.6 is 0 Å². The Balaban J connectivity index is 2.34. The van der Waals surface area contributed by atoms with Crippen LogP contribution in [0.25, 0.3) is 10.9 Å². The van der Waals surface area contributed by atoms with Crippen LogP contribution in [0.3, 0.4) is 0 Å². The molecule has 1 aromatic carbocycles. The highest BCUT2D eigenvalue weighted by molar-refractivity contribution is 6.02. The third-order valence-electron chi connectivity index (χ3n) is 3.10. The molecule has 102 valence electrons. The van der Waals surface area contributed by atoms with Crippen LogP contribution in [-0.2, 0) is 11.3 Å². The number of ether oxygens (including phenoxy) is 1. The summed E-state index contributed by atoms with van der Waals surface area (Å²) in [5.74, 6) is -0.340. The molecule has 0 spiro atoms. The van der Waals surface area contributed by atoms with E-state index in [1.807, 2.05) is 28.9 Å². The molecule has 1 aromatic heterocycles. The lowest BCUT2D eigenvalue weighted by Crippen LogP contribution is -2.07. The van der Waals surface area contributed by atoms with Crippen molar-refractivity contribution in [3.05, 3.63) is 30.0 Å². The minimum Gasteiger partial charge on any atom is -0.461 e. The smallest absolute Gasteiger partial charge is 0.359 e. The van der Waals surface area contributed by atoms with E-state index in [-0.39, 0.29) is 5.97 Å². The van der Waals surface area contributed by atoms with E-state index in [4.69, 9.17) is 4.74 Å². The molecular weight excluding hydrogens is 240 g/mol. The number of para-hydroxylation sites is 1. The van der Waals surface area contributed by atoms with Gasteiger partial charge in [0.15, 0.2) is 5.69 Å². The van der Waals surface area contributed by atoms with E-state index < -0.39 is 0 Å². The number of hydrogen-bond acceptors (Lipinski definition) is 3. The largest absolute Gasteiger partial charge is 0.461 e. The van der Waals surface area contributed by atoms with Gasteiger partial charge >= 0.3 is 5.97 Å². The number of benzene rings is 1. The Kier molecular flexibility index (Phi) is 4.55. The molecule has 0 atom stereocenters. The average Bonchev–Trinajstić information content (AvgIpc) is 2.79. The second kappa shape index (κ2) is 6.36. The Morgan fingerprint density at radius 1 is 1.26 bits per heavy atom. The van der Waals surface area contributed by atoms with Crippen molar-refractivity contribution in [3.63, 3.8) is 0 Å². The number of hydrogen-bond donors (Lipinski definition) is 0. The second-order valence-electron chi connectivity index (χ2n) is 4.52. The molecule has 0 aliphatic heterocycles. The summed E-state index contributed by atoms with van der Waals surface area (Å²) < 4.78 is 6.97. The number of carbonyl (C=O) groups is 1. The Bertz CT molecular complexity index is 560. The van der Waals surface area contributed by atoms with Crippen molar-refractivity contribution in [2.45, 2.75) is 39.7 Å². The Hall–Kier alpha value is -1.84. The van der Waals surface area contributed by atoms with Crippen LogP contribution < -0.4 is 0 Å². The molecule has 0 unspecified atom stereocenters. The van der Waals surface area contributed by atoms with E-state index in [0.29, 0.717) is 12.3 Å². The fourth-order valence-corrected chi connectivity index (χ4v) is 2.16. The topological polar surface area (TPSA) is 44.1 Å². The molecule has 0 aliphatic carbocycles. The highest BCUT2D eigenvalue weighted by Gasteiger charge is 2.17. The van der Waals surface area contributed by atoms with E-state index in [2.05, 4.69) is 12.0 Å². The van der Waals surface area contributed by atoms with Gasteiger partial charge in [0.25, 0.3) is 0 Å². The molecular formula is C15H20N2O2. The predicted molar refractivity (Wildman–Crippen MR) is 75.2 cm³/mol. The van der Waals surface area contributed by atoms with Gasteiger partial charge in [-0.05, 0) is 19.4 Å². The highest BCUT2D eigenvalue weighted by atomic mass is 16.5. The van der Waals surface area contributed by atoms with Crippen molar-refractivity contribution in [2.75, 3.05) is 6.61 Å². The first-order valence-corrected chi connectivity index (χ1v) is 6.90. The average molecular weight is 260 g/mol. The Labute approximate surface area is 113 Å². The molecule has 4 heteroatoms. The first-order valence-electron chi connectivity index (χ1n) is 6.90. The molecule has 1 heterocycles. The normalized spacial score (nSPS) is 10.8. The van der Waals surface area contributed by atoms with Crippen LogP contribution in [0.5, 0.6) is 0 Å². The minimum absolute atomic E-state index is 0.340. The van der Waals surface area contributed by atoms with Gasteiger partial charge in [0.05, 0.1) is 12.1 Å². The maximum atomic E-state index is 11.9. The van der Waals surface area contributed by atoms with E-state index in [9.17, 15) is 4.79 Å². The van der Waals surface area contributed by atoms with Gasteiger partial charge in [-0.25, -0.2) is 4.79 Å². The van der Waals surface area contributed by atoms with Gasteiger partial charge in [0.1, 0.15) is 0 Å². The summed E-state index contributed by atoms with van der Waals surface area (Å²) in [5.41, 5.74) is 1.43. The van der Waals surface area contributed by atoms with E-state index in [0.717, 1.165) is 23.9 Å². The molecule has 0 N–H and O–H groups in total. The van der Waals surface area contributed by atoms with Crippen molar-refractivity contribution >= 4 is 16.9 Å². The Morgan fingerprint density at radius 3 is 2.79 bits per heavy atom. The summed E-state index contributed by atoms with van der Waals surface area (Å²) in [7, 11) is 0. The molecule has 0 amide bonds. The Morgan fingerprint density at radius 2 is 2.05 bits per heavy atom. The van der Waals surface area contributed by atoms with Crippen molar-refractivity contribution in [1.29, 1.82) is 0 Å². The van der Waals surface area contributed by atoms with Crippen molar-refractivity contribution in [1.82, 2.24) is 9.78 Å². The second-order valence-corrected chi connectivity index (χ2v) is 4.52. The van der Waals surface area contributed by atoms with Crippen molar-refractivity contribution in [3.8, 4) is 0 Å². The molecule has 0 fully saturated rings. The number of nitrogens with zero attached hydrogens (tertiary/aromatic N) is 2. The van der Waals surface area contributed by atoms with Crippen LogP contribution in [0.15, 0.2) is 24.3 Å². The molecule has 0 aliphatic rings. The summed E-state index contributed by atoms with van der Waals surface area (Å²) in [6, 6.07) is 7.81. The van der Waals surface area contributed by atoms with Crippen molar-refractivity contribution < 1.29 is 9.53 Å². The van der Waals surface area contributed by atoms with Crippen LogP contribution in [0, 0.1) is 0 Å². The SMILES string of the molecule is CCCCCn1nc(C(=O)OCC)c2ccccc21. The van der Waals surface area contributed by atoms with E-state index in [1.54, 1.807) is 6.92 Å². The fraction of sp³-hybridized carbons (Fsp3) is 0.467. The zero-order valence-corrected chi connectivity index (χ0v) is 11.6. The first-order chi connectivity index (χ1) is 9.27. The fourth-order valence-electron chi connectivity index (χ4n) is 2.16. The molecule has 0 bridgehead atoms. The standard InChI is InChI=1S/C15H20N2O2/c1-3-5-8-11-17-13-10-7-6-9-12(13)14(16-17)15(18)19-4-2/h6-7,9-10H,3-5,8,11H2,1-2H3. The molecule has 0 saturated carbocycles. The van der Waals surface area contributed by atoms with Gasteiger partial charge in [0, 0.05) is 11.9 Å². The molecule has 0 radical (unpaired) electrons. The summed E-state index contributed by atoms with van der Waals surface area (Å²) >= 11 is 0. The molecule has 0 saturated heterocycles. The number of esters is 1. The zero-order valence-electron chi connectivity index (χ0n) is 11.6. The van der Waals surface area contributed by atoms with Gasteiger partial charge in [-0.1, -0.05) is 38.0 Å². The number of carbonyl (C=O) groups excluding carboxylic acids is 1. The first kappa shape index (κ1) is 13.6. The van der Waals surface area contributed by atoms with Gasteiger partial charge in [-0.15, -0.1) is 0 Å². The van der Waals surface area contributed by atoms with Crippen LogP contribution in [-0.4, -0.2) is 22.4 Å². The third-order valence-corrected chi connectivity index (χ3v) is 3.10. The minimum atomic E-state index is -0.340. The number of aromatic nitrogens is 2. The predicted octanol–water partition coefficient (Wildman–Crippen LogP) is 3.40. The lowest BCUT2D eigenvalue weighted by Gasteiger charge is -2.01. The number of rotatable bonds is 6. The summed E-state index contributed by atoms with van der Waals surface area (Å²) in [6.07, 6.45) is 3.41. The van der Waals surface area contributed by atoms with E-state index in [1.165, 1.54) is 12.8 Å². The van der Waals surface area contributed by atoms with Gasteiger partial charge in [-0.3, -0.25) is 4.68 Å². The monoisotopic (exact) mass is 260 g/mol. The summed E-state index contributed by atoms with van der Waals surface area (Å²) in [6.45, 7) is 5.19. The number of aryl methyl sites for hydroxylation is 1. The van der Waals surface area contributed by atoms with Gasteiger partial charge in [0.2, 0.25) is 0 Å². The summed E-state index contributed by atoms with van der Waals surface area (Å²) in [4.78, 5) is 11.9. The van der Waals surface area contributed by atoms with Crippen LogP contribution in [0.1, 0.15) is 43.6 Å².